The van der Waals surface area contributed by atoms with Gasteiger partial charge < -0.3 is 0 Å². The summed E-state index contributed by atoms with van der Waals surface area (Å²) < 4.78 is 0. The average molecular weight is 225 g/mol. The maximum Gasteiger partial charge on any atom is 0.00371 e. The monoisotopic (exact) mass is 224 g/mol. The van der Waals surface area contributed by atoms with Crippen molar-refractivity contribution in [1.82, 2.24) is 0 Å². The predicted molar refractivity (Wildman–Crippen MR) is 55.9 cm³/mol. The predicted octanol–water partition coefficient (Wildman–Crippen LogP) is 3.50. The van der Waals surface area contributed by atoms with Crippen LogP contribution in [0.25, 0.3) is 0 Å². The van der Waals surface area contributed by atoms with Crippen molar-refractivity contribution in [2.45, 2.75) is 25.2 Å². The molecular formula is C11H13Br. The van der Waals surface area contributed by atoms with Crippen LogP contribution >= 0.6 is 15.9 Å². The fourth-order valence-corrected chi connectivity index (χ4v) is 2.63. The van der Waals surface area contributed by atoms with E-state index in [9.17, 15) is 0 Å². The van der Waals surface area contributed by atoms with Gasteiger partial charge in [-0.25, -0.2) is 0 Å². The van der Waals surface area contributed by atoms with Crippen molar-refractivity contribution in [3.05, 3.63) is 35.4 Å². The molecule has 0 saturated carbocycles. The molecule has 0 bridgehead atoms. The van der Waals surface area contributed by atoms with Crippen molar-refractivity contribution in [2.75, 3.05) is 5.33 Å². The van der Waals surface area contributed by atoms with Crippen LogP contribution < -0.4 is 0 Å². The van der Waals surface area contributed by atoms with Gasteiger partial charge in [0, 0.05) is 5.33 Å². The van der Waals surface area contributed by atoms with E-state index in [4.69, 9.17) is 0 Å². The maximum absolute atomic E-state index is 3.51. The summed E-state index contributed by atoms with van der Waals surface area (Å²) in [5, 5.41) is 1.13. The Labute approximate surface area is 82.1 Å². The SMILES string of the molecule is BrCC[C@@H]1CCc2ccccc21. The lowest BCUT2D eigenvalue weighted by atomic mass is 9.99. The van der Waals surface area contributed by atoms with E-state index in [0.29, 0.717) is 0 Å². The molecule has 64 valence electrons. The third-order valence-electron chi connectivity index (χ3n) is 2.71. The Bertz CT molecular complexity index is 265. The summed E-state index contributed by atoms with van der Waals surface area (Å²) in [6.45, 7) is 0. The summed E-state index contributed by atoms with van der Waals surface area (Å²) in [5.41, 5.74) is 3.17. The minimum absolute atomic E-state index is 0.820. The highest BCUT2D eigenvalue weighted by molar-refractivity contribution is 9.09. The summed E-state index contributed by atoms with van der Waals surface area (Å²) in [7, 11) is 0. The Morgan fingerprint density at radius 1 is 1.33 bits per heavy atom. The zero-order chi connectivity index (χ0) is 8.39. The van der Waals surface area contributed by atoms with Crippen LogP contribution in [-0.4, -0.2) is 5.33 Å². The smallest absolute Gasteiger partial charge is 0.00371 e. The summed E-state index contributed by atoms with van der Waals surface area (Å²) in [6.07, 6.45) is 3.93. The molecule has 1 atom stereocenters. The van der Waals surface area contributed by atoms with Crippen molar-refractivity contribution in [3.8, 4) is 0 Å². The van der Waals surface area contributed by atoms with Crippen LogP contribution in [0.15, 0.2) is 24.3 Å². The minimum atomic E-state index is 0.820. The Morgan fingerprint density at radius 3 is 3.00 bits per heavy atom. The third kappa shape index (κ3) is 1.42. The topological polar surface area (TPSA) is 0 Å². The van der Waals surface area contributed by atoms with Crippen molar-refractivity contribution >= 4 is 15.9 Å². The molecular weight excluding hydrogens is 212 g/mol. The molecule has 0 nitrogen and oxygen atoms in total. The molecule has 0 unspecified atom stereocenters. The molecule has 0 aromatic heterocycles. The Morgan fingerprint density at radius 2 is 2.17 bits per heavy atom. The van der Waals surface area contributed by atoms with E-state index in [0.717, 1.165) is 11.2 Å². The van der Waals surface area contributed by atoms with Crippen LogP contribution in [0.2, 0.25) is 0 Å². The lowest BCUT2D eigenvalue weighted by molar-refractivity contribution is 0.663. The molecule has 2 rings (SSSR count). The molecule has 0 aliphatic heterocycles. The van der Waals surface area contributed by atoms with Gasteiger partial charge in [-0.15, -0.1) is 0 Å². The lowest BCUT2D eigenvalue weighted by Crippen LogP contribution is -1.93. The number of hydrogen-bond donors (Lipinski definition) is 0. The van der Waals surface area contributed by atoms with E-state index < -0.39 is 0 Å². The van der Waals surface area contributed by atoms with Gasteiger partial charge in [0.1, 0.15) is 0 Å². The highest BCUT2D eigenvalue weighted by Crippen LogP contribution is 2.35. The van der Waals surface area contributed by atoms with Crippen molar-refractivity contribution in [3.63, 3.8) is 0 Å². The normalized spacial score (nSPS) is 20.9. The summed E-state index contributed by atoms with van der Waals surface area (Å²) >= 11 is 3.51. The molecule has 12 heavy (non-hydrogen) atoms. The van der Waals surface area contributed by atoms with E-state index in [1.807, 2.05) is 0 Å². The quantitative estimate of drug-likeness (QED) is 0.675. The van der Waals surface area contributed by atoms with Crippen LogP contribution in [0.1, 0.15) is 29.9 Å². The molecule has 1 aliphatic rings. The Kier molecular flexibility index (Phi) is 2.50. The first-order valence-corrected chi connectivity index (χ1v) is 5.67. The van der Waals surface area contributed by atoms with Crippen molar-refractivity contribution in [2.24, 2.45) is 0 Å². The first-order chi connectivity index (χ1) is 5.92. The van der Waals surface area contributed by atoms with Gasteiger partial charge in [-0.2, -0.15) is 0 Å². The standard InChI is InChI=1S/C11H13Br/c12-8-7-10-6-5-9-3-1-2-4-11(9)10/h1-4,10H,5-8H2/t10-/m0/s1. The van der Waals surface area contributed by atoms with Crippen molar-refractivity contribution in [1.29, 1.82) is 0 Å². The highest BCUT2D eigenvalue weighted by atomic mass is 79.9. The van der Waals surface area contributed by atoms with Crippen LogP contribution in [-0.2, 0) is 6.42 Å². The van der Waals surface area contributed by atoms with Gasteiger partial charge in [0.05, 0.1) is 0 Å². The number of benzene rings is 1. The van der Waals surface area contributed by atoms with E-state index in [1.165, 1.54) is 19.3 Å². The number of rotatable bonds is 2. The first kappa shape index (κ1) is 8.31. The zero-order valence-electron chi connectivity index (χ0n) is 7.09. The van der Waals surface area contributed by atoms with E-state index >= 15 is 0 Å². The van der Waals surface area contributed by atoms with Crippen molar-refractivity contribution < 1.29 is 0 Å². The average Bonchev–Trinajstić information content (AvgIpc) is 2.50. The molecule has 1 aliphatic carbocycles. The fourth-order valence-electron chi connectivity index (χ4n) is 2.08. The molecule has 0 heterocycles. The van der Waals surface area contributed by atoms with Gasteiger partial charge in [-0.05, 0) is 36.3 Å². The van der Waals surface area contributed by atoms with E-state index in [1.54, 1.807) is 11.1 Å². The molecule has 0 amide bonds. The van der Waals surface area contributed by atoms with Gasteiger partial charge in [0.15, 0.2) is 0 Å². The Balaban J connectivity index is 2.24. The van der Waals surface area contributed by atoms with Crippen LogP contribution in [0.5, 0.6) is 0 Å². The second-order valence-electron chi connectivity index (χ2n) is 3.41. The largest absolute Gasteiger partial charge is 0.0928 e. The molecule has 0 radical (unpaired) electrons. The number of halogens is 1. The fraction of sp³-hybridized carbons (Fsp3) is 0.455. The number of alkyl halides is 1. The highest BCUT2D eigenvalue weighted by Gasteiger charge is 2.20. The number of fused-ring (bicyclic) bond motifs is 1. The first-order valence-electron chi connectivity index (χ1n) is 4.55. The zero-order valence-corrected chi connectivity index (χ0v) is 8.68. The number of aryl methyl sites for hydroxylation is 1. The molecule has 0 spiro atoms. The molecule has 0 fully saturated rings. The van der Waals surface area contributed by atoms with Crippen LogP contribution in [0.4, 0.5) is 0 Å². The second-order valence-corrected chi connectivity index (χ2v) is 4.21. The van der Waals surface area contributed by atoms with E-state index in [2.05, 4.69) is 40.2 Å². The van der Waals surface area contributed by atoms with Gasteiger partial charge in [0.25, 0.3) is 0 Å². The number of hydrogen-bond acceptors (Lipinski definition) is 0. The third-order valence-corrected chi connectivity index (χ3v) is 3.17. The van der Waals surface area contributed by atoms with E-state index in [-0.39, 0.29) is 0 Å². The molecule has 0 N–H and O–H groups in total. The van der Waals surface area contributed by atoms with Gasteiger partial charge in [0.2, 0.25) is 0 Å². The summed E-state index contributed by atoms with van der Waals surface area (Å²) in [4.78, 5) is 0. The lowest BCUT2D eigenvalue weighted by Gasteiger charge is -2.08. The van der Waals surface area contributed by atoms with Gasteiger partial charge in [-0.1, -0.05) is 40.2 Å². The molecule has 0 saturated heterocycles. The van der Waals surface area contributed by atoms with Crippen LogP contribution in [0, 0.1) is 0 Å². The minimum Gasteiger partial charge on any atom is -0.0928 e. The summed E-state index contributed by atoms with van der Waals surface area (Å²) in [6, 6.07) is 8.86. The molecule has 1 aromatic rings. The maximum atomic E-state index is 3.51. The molecule has 1 aromatic carbocycles. The van der Waals surface area contributed by atoms with Crippen LogP contribution in [0.3, 0.4) is 0 Å². The van der Waals surface area contributed by atoms with Gasteiger partial charge in [-0.3, -0.25) is 0 Å². The van der Waals surface area contributed by atoms with Gasteiger partial charge >= 0.3 is 0 Å². The summed E-state index contributed by atoms with van der Waals surface area (Å²) in [5.74, 6) is 0.820. The molecule has 1 heteroatoms. The Hall–Kier alpha value is -0.300. The second kappa shape index (κ2) is 3.61.